The summed E-state index contributed by atoms with van der Waals surface area (Å²) in [4.78, 5) is 10.8. The molecule has 1 aromatic carbocycles. The number of carboxylic acids is 1. The summed E-state index contributed by atoms with van der Waals surface area (Å²) in [5, 5.41) is 17.7. The number of hydrogen-bond acceptors (Lipinski definition) is 4. The van der Waals surface area contributed by atoms with Gasteiger partial charge < -0.3 is 5.11 Å². The summed E-state index contributed by atoms with van der Waals surface area (Å²) < 4.78 is 26.9. The number of benzene rings is 1. The van der Waals surface area contributed by atoms with Crippen molar-refractivity contribution in [3.63, 3.8) is 0 Å². The third-order valence-corrected chi connectivity index (χ3v) is 4.53. The van der Waals surface area contributed by atoms with Crippen molar-refractivity contribution >= 4 is 16.0 Å². The molecule has 21 heavy (non-hydrogen) atoms. The molecule has 0 heterocycles. The van der Waals surface area contributed by atoms with Crippen molar-refractivity contribution in [3.8, 4) is 6.07 Å². The quantitative estimate of drug-likeness (QED) is 0.798. The molecule has 1 unspecified atom stereocenters. The van der Waals surface area contributed by atoms with E-state index in [1.807, 2.05) is 13.0 Å². The fourth-order valence-electron chi connectivity index (χ4n) is 1.98. The van der Waals surface area contributed by atoms with Crippen LogP contribution in [0.4, 0.5) is 0 Å². The summed E-state index contributed by atoms with van der Waals surface area (Å²) in [6.07, 6.45) is 0.857. The van der Waals surface area contributed by atoms with Crippen LogP contribution in [0.1, 0.15) is 37.3 Å². The molecule has 1 atom stereocenters. The van der Waals surface area contributed by atoms with Gasteiger partial charge in [-0.25, -0.2) is 13.1 Å². The number of hydrogen-bond donors (Lipinski definition) is 2. The van der Waals surface area contributed by atoms with E-state index in [0.717, 1.165) is 0 Å². The molecule has 0 saturated carbocycles. The lowest BCUT2D eigenvalue weighted by molar-refractivity contribution is -0.137. The first-order valence-electron chi connectivity index (χ1n) is 6.55. The lowest BCUT2D eigenvalue weighted by atomic mass is 10.1. The molecule has 0 spiro atoms. The van der Waals surface area contributed by atoms with E-state index in [-0.39, 0.29) is 11.3 Å². The SMILES string of the molecule is CCCC(CC(=O)O)NS(=O)(=O)c1ccc(C#N)c(C)c1. The van der Waals surface area contributed by atoms with E-state index < -0.39 is 22.0 Å². The van der Waals surface area contributed by atoms with E-state index in [1.54, 1.807) is 6.92 Å². The first-order chi connectivity index (χ1) is 9.80. The molecule has 6 nitrogen and oxygen atoms in total. The van der Waals surface area contributed by atoms with Crippen LogP contribution in [0.15, 0.2) is 23.1 Å². The van der Waals surface area contributed by atoms with Gasteiger partial charge in [0.05, 0.1) is 22.9 Å². The second kappa shape index (κ2) is 7.20. The molecule has 0 amide bonds. The molecule has 0 fully saturated rings. The minimum Gasteiger partial charge on any atom is -0.481 e. The molecule has 0 aliphatic carbocycles. The van der Waals surface area contributed by atoms with E-state index in [9.17, 15) is 13.2 Å². The van der Waals surface area contributed by atoms with E-state index in [4.69, 9.17) is 10.4 Å². The molecule has 0 aliphatic heterocycles. The van der Waals surface area contributed by atoms with Crippen molar-refractivity contribution in [3.05, 3.63) is 29.3 Å². The van der Waals surface area contributed by atoms with Crippen molar-refractivity contribution in [2.45, 2.75) is 44.0 Å². The Labute approximate surface area is 124 Å². The van der Waals surface area contributed by atoms with Crippen LogP contribution in [-0.4, -0.2) is 25.5 Å². The van der Waals surface area contributed by atoms with Gasteiger partial charge in [0.15, 0.2) is 0 Å². The molecule has 0 bridgehead atoms. The number of nitrogens with zero attached hydrogens (tertiary/aromatic N) is 1. The smallest absolute Gasteiger partial charge is 0.304 e. The number of sulfonamides is 1. The predicted octanol–water partition coefficient (Wildman–Crippen LogP) is 1.79. The topological polar surface area (TPSA) is 107 Å². The van der Waals surface area contributed by atoms with Crippen LogP contribution in [0, 0.1) is 18.3 Å². The van der Waals surface area contributed by atoms with Crippen molar-refractivity contribution in [1.82, 2.24) is 4.72 Å². The monoisotopic (exact) mass is 310 g/mol. The van der Waals surface area contributed by atoms with Gasteiger partial charge in [-0.1, -0.05) is 13.3 Å². The first kappa shape index (κ1) is 17.1. The number of carbonyl (C=O) groups is 1. The Balaban J connectivity index is 3.01. The number of aryl methyl sites for hydroxylation is 1. The van der Waals surface area contributed by atoms with Gasteiger partial charge in [0.25, 0.3) is 0 Å². The summed E-state index contributed by atoms with van der Waals surface area (Å²) in [6.45, 7) is 3.51. The van der Waals surface area contributed by atoms with Crippen molar-refractivity contribution in [2.75, 3.05) is 0 Å². The summed E-state index contributed by atoms with van der Waals surface area (Å²) in [6, 6.07) is 5.52. The Bertz CT molecular complexity index is 662. The van der Waals surface area contributed by atoms with Gasteiger partial charge in [-0.05, 0) is 37.1 Å². The van der Waals surface area contributed by atoms with E-state index in [1.165, 1.54) is 18.2 Å². The standard InChI is InChI=1S/C14H18N2O4S/c1-3-4-12(8-14(17)18)16-21(19,20)13-6-5-11(9-15)10(2)7-13/h5-7,12,16H,3-4,8H2,1-2H3,(H,17,18). The molecule has 114 valence electrons. The van der Waals surface area contributed by atoms with Gasteiger partial charge in [0, 0.05) is 6.04 Å². The van der Waals surface area contributed by atoms with E-state index in [0.29, 0.717) is 24.0 Å². The molecule has 1 rings (SSSR count). The fraction of sp³-hybridized carbons (Fsp3) is 0.429. The molecule has 1 aromatic rings. The lowest BCUT2D eigenvalue weighted by Crippen LogP contribution is -2.36. The number of aliphatic carboxylic acids is 1. The first-order valence-corrected chi connectivity index (χ1v) is 8.03. The zero-order chi connectivity index (χ0) is 16.0. The normalized spacial score (nSPS) is 12.6. The highest BCUT2D eigenvalue weighted by atomic mass is 32.2. The second-order valence-corrected chi connectivity index (χ2v) is 6.51. The fourth-order valence-corrected chi connectivity index (χ4v) is 3.33. The van der Waals surface area contributed by atoms with Crippen molar-refractivity contribution in [1.29, 1.82) is 5.26 Å². The summed E-state index contributed by atoms with van der Waals surface area (Å²) >= 11 is 0. The highest BCUT2D eigenvalue weighted by molar-refractivity contribution is 7.89. The average molecular weight is 310 g/mol. The van der Waals surface area contributed by atoms with Crippen LogP contribution in [-0.2, 0) is 14.8 Å². The zero-order valence-electron chi connectivity index (χ0n) is 12.0. The van der Waals surface area contributed by atoms with E-state index >= 15 is 0 Å². The average Bonchev–Trinajstić information content (AvgIpc) is 2.37. The molecule has 0 aliphatic rings. The van der Waals surface area contributed by atoms with E-state index in [2.05, 4.69) is 4.72 Å². The number of rotatable bonds is 7. The molecule has 0 aromatic heterocycles. The predicted molar refractivity (Wildman–Crippen MR) is 77.2 cm³/mol. The summed E-state index contributed by atoms with van der Waals surface area (Å²) in [7, 11) is -3.80. The van der Waals surface area contributed by atoms with Gasteiger partial charge in [-0.2, -0.15) is 5.26 Å². The van der Waals surface area contributed by atoms with Crippen LogP contribution in [0.3, 0.4) is 0 Å². The van der Waals surface area contributed by atoms with Crippen LogP contribution in [0.25, 0.3) is 0 Å². The number of nitrogens with one attached hydrogen (secondary N) is 1. The largest absolute Gasteiger partial charge is 0.481 e. The molecule has 0 saturated heterocycles. The Morgan fingerprint density at radius 2 is 2.14 bits per heavy atom. The lowest BCUT2D eigenvalue weighted by Gasteiger charge is -2.16. The van der Waals surface area contributed by atoms with Gasteiger partial charge in [0.2, 0.25) is 10.0 Å². The third kappa shape index (κ3) is 4.85. The van der Waals surface area contributed by atoms with Crippen LogP contribution in [0.5, 0.6) is 0 Å². The zero-order valence-corrected chi connectivity index (χ0v) is 12.8. The van der Waals surface area contributed by atoms with Gasteiger partial charge in [0.1, 0.15) is 0 Å². The Hall–Kier alpha value is -1.91. The van der Waals surface area contributed by atoms with Gasteiger partial charge in [-0.3, -0.25) is 4.79 Å². The highest BCUT2D eigenvalue weighted by Gasteiger charge is 2.22. The molecule has 0 radical (unpaired) electrons. The maximum atomic E-state index is 12.3. The second-order valence-electron chi connectivity index (χ2n) is 4.79. The van der Waals surface area contributed by atoms with Crippen LogP contribution < -0.4 is 4.72 Å². The third-order valence-electron chi connectivity index (χ3n) is 3.01. The molecular weight excluding hydrogens is 292 g/mol. The van der Waals surface area contributed by atoms with Crippen LogP contribution >= 0.6 is 0 Å². The van der Waals surface area contributed by atoms with Crippen molar-refractivity contribution < 1.29 is 18.3 Å². The summed E-state index contributed by atoms with van der Waals surface area (Å²) in [5.41, 5.74) is 0.968. The van der Waals surface area contributed by atoms with Gasteiger partial charge >= 0.3 is 5.97 Å². The minimum atomic E-state index is -3.80. The van der Waals surface area contributed by atoms with Crippen LogP contribution in [0.2, 0.25) is 0 Å². The summed E-state index contributed by atoms with van der Waals surface area (Å²) in [5.74, 6) is -1.05. The van der Waals surface area contributed by atoms with Gasteiger partial charge in [-0.15, -0.1) is 0 Å². The molecular formula is C14H18N2O4S. The highest BCUT2D eigenvalue weighted by Crippen LogP contribution is 2.16. The Morgan fingerprint density at radius 3 is 2.62 bits per heavy atom. The minimum absolute atomic E-state index is 0.0329. The Morgan fingerprint density at radius 1 is 1.48 bits per heavy atom. The molecule has 2 N–H and O–H groups in total. The Kier molecular flexibility index (Phi) is 5.88. The van der Waals surface area contributed by atoms with Crippen molar-refractivity contribution in [2.24, 2.45) is 0 Å². The molecule has 7 heteroatoms. The maximum Gasteiger partial charge on any atom is 0.304 e. The maximum absolute atomic E-state index is 12.3. The number of carboxylic acid groups (broad SMARTS) is 1. The number of nitriles is 1.